The third-order valence-electron chi connectivity index (χ3n) is 1.98. The van der Waals surface area contributed by atoms with E-state index in [-0.39, 0.29) is 5.78 Å². The molecule has 0 saturated heterocycles. The van der Waals surface area contributed by atoms with E-state index in [1.807, 2.05) is 20.8 Å². The van der Waals surface area contributed by atoms with Gasteiger partial charge < -0.3 is 0 Å². The van der Waals surface area contributed by atoms with Crippen LogP contribution in [0.15, 0.2) is 16.1 Å². The van der Waals surface area contributed by atoms with Crippen LogP contribution < -0.4 is 0 Å². The average molecular weight is 137 g/mol. The van der Waals surface area contributed by atoms with E-state index in [1.54, 1.807) is 0 Å². The molecule has 10 heavy (non-hydrogen) atoms. The molecule has 0 N–H and O–H groups in total. The van der Waals surface area contributed by atoms with Crippen LogP contribution in [-0.4, -0.2) is 18.0 Å². The van der Waals surface area contributed by atoms with Crippen LogP contribution in [0.25, 0.3) is 0 Å². The van der Waals surface area contributed by atoms with Gasteiger partial charge in [-0.1, -0.05) is 0 Å². The first-order chi connectivity index (χ1) is 4.63. The van der Waals surface area contributed by atoms with Crippen LogP contribution in [0.3, 0.4) is 0 Å². The van der Waals surface area contributed by atoms with E-state index >= 15 is 0 Å². The summed E-state index contributed by atoms with van der Waals surface area (Å²) in [6.07, 6.45) is 0. The maximum absolute atomic E-state index is 11.0. The van der Waals surface area contributed by atoms with Crippen molar-refractivity contribution in [1.29, 1.82) is 0 Å². The summed E-state index contributed by atoms with van der Waals surface area (Å²) in [5.41, 5.74) is 2.90. The Labute approximate surface area is 60.7 Å². The number of ketones is 1. The molecule has 0 saturated carbocycles. The molecule has 0 aromatic heterocycles. The summed E-state index contributed by atoms with van der Waals surface area (Å²) in [4.78, 5) is 15.0. The van der Waals surface area contributed by atoms with Crippen molar-refractivity contribution in [2.24, 2.45) is 4.99 Å². The van der Waals surface area contributed by atoms with Gasteiger partial charge in [0.05, 0.1) is 0 Å². The standard InChI is InChI=1S/C8H11NO/c1-5-6(2)8(10)4-9-7(5)3/h4H2,1-3H3. The Hall–Kier alpha value is -0.920. The zero-order chi connectivity index (χ0) is 7.72. The number of carbonyl (C=O) groups is 1. The predicted molar refractivity (Wildman–Crippen MR) is 41.4 cm³/mol. The minimum atomic E-state index is 0.156. The van der Waals surface area contributed by atoms with Gasteiger partial charge in [-0.15, -0.1) is 0 Å². The van der Waals surface area contributed by atoms with Crippen molar-refractivity contribution in [3.63, 3.8) is 0 Å². The van der Waals surface area contributed by atoms with Crippen LogP contribution >= 0.6 is 0 Å². The predicted octanol–water partition coefficient (Wildman–Crippen LogP) is 1.37. The largest absolute Gasteiger partial charge is 0.292 e. The molecule has 1 heterocycles. The normalized spacial score (nSPS) is 19.5. The minimum absolute atomic E-state index is 0.156. The number of allylic oxidation sites excluding steroid dienone is 1. The van der Waals surface area contributed by atoms with Gasteiger partial charge in [-0.25, -0.2) is 0 Å². The smallest absolute Gasteiger partial charge is 0.180 e. The van der Waals surface area contributed by atoms with E-state index in [0.29, 0.717) is 6.54 Å². The highest BCUT2D eigenvalue weighted by molar-refractivity contribution is 6.11. The Morgan fingerprint density at radius 2 is 1.80 bits per heavy atom. The number of hydrogen-bond donors (Lipinski definition) is 0. The molecule has 2 heteroatoms. The highest BCUT2D eigenvalue weighted by atomic mass is 16.1. The lowest BCUT2D eigenvalue weighted by Gasteiger charge is -2.10. The van der Waals surface area contributed by atoms with Gasteiger partial charge in [-0.3, -0.25) is 9.79 Å². The summed E-state index contributed by atoms with van der Waals surface area (Å²) in [7, 11) is 0. The van der Waals surface area contributed by atoms with Crippen LogP contribution in [0.4, 0.5) is 0 Å². The number of rotatable bonds is 0. The maximum Gasteiger partial charge on any atom is 0.180 e. The first kappa shape index (κ1) is 7.19. The molecule has 0 atom stereocenters. The van der Waals surface area contributed by atoms with Crippen molar-refractivity contribution < 1.29 is 4.79 Å². The van der Waals surface area contributed by atoms with Crippen molar-refractivity contribution in [2.75, 3.05) is 6.54 Å². The summed E-state index contributed by atoms with van der Waals surface area (Å²) < 4.78 is 0. The van der Waals surface area contributed by atoms with Gasteiger partial charge in [-0.2, -0.15) is 0 Å². The second-order valence-corrected chi connectivity index (χ2v) is 2.57. The van der Waals surface area contributed by atoms with Gasteiger partial charge in [0.2, 0.25) is 0 Å². The summed E-state index contributed by atoms with van der Waals surface area (Å²) in [6, 6.07) is 0. The maximum atomic E-state index is 11.0. The van der Waals surface area contributed by atoms with Gasteiger partial charge in [0, 0.05) is 5.71 Å². The quantitative estimate of drug-likeness (QED) is 0.495. The molecule has 0 bridgehead atoms. The van der Waals surface area contributed by atoms with Crippen LogP contribution in [0.5, 0.6) is 0 Å². The molecule has 2 nitrogen and oxygen atoms in total. The fourth-order valence-electron chi connectivity index (χ4n) is 0.908. The highest BCUT2D eigenvalue weighted by Crippen LogP contribution is 2.11. The van der Waals surface area contributed by atoms with Gasteiger partial charge in [0.15, 0.2) is 5.78 Å². The molecule has 0 fully saturated rings. The molecule has 0 amide bonds. The second kappa shape index (κ2) is 2.37. The number of dihydropyridines is 1. The molecule has 0 spiro atoms. The number of nitrogens with zero attached hydrogens (tertiary/aromatic N) is 1. The molecule has 1 aliphatic heterocycles. The monoisotopic (exact) mass is 137 g/mol. The van der Waals surface area contributed by atoms with E-state index < -0.39 is 0 Å². The second-order valence-electron chi connectivity index (χ2n) is 2.57. The lowest BCUT2D eigenvalue weighted by molar-refractivity contribution is -0.114. The fraction of sp³-hybridized carbons (Fsp3) is 0.500. The molecule has 1 rings (SSSR count). The topological polar surface area (TPSA) is 29.4 Å². The van der Waals surface area contributed by atoms with Gasteiger partial charge in [0.1, 0.15) is 6.54 Å². The van der Waals surface area contributed by atoms with E-state index in [9.17, 15) is 4.79 Å². The number of Topliss-reactive ketones (excluding diaryl/α,β-unsaturated/α-hetero) is 1. The molecule has 0 aliphatic carbocycles. The Morgan fingerprint density at radius 3 is 2.30 bits per heavy atom. The summed E-state index contributed by atoms with van der Waals surface area (Å²) in [5, 5.41) is 0. The van der Waals surface area contributed by atoms with Crippen molar-refractivity contribution >= 4 is 11.5 Å². The van der Waals surface area contributed by atoms with Gasteiger partial charge in [0.25, 0.3) is 0 Å². The van der Waals surface area contributed by atoms with Crippen molar-refractivity contribution in [3.8, 4) is 0 Å². The highest BCUT2D eigenvalue weighted by Gasteiger charge is 2.13. The van der Waals surface area contributed by atoms with Crippen LogP contribution in [0.2, 0.25) is 0 Å². The summed E-state index contributed by atoms with van der Waals surface area (Å²) >= 11 is 0. The third-order valence-corrected chi connectivity index (χ3v) is 1.98. The fourth-order valence-corrected chi connectivity index (χ4v) is 0.908. The van der Waals surface area contributed by atoms with Crippen LogP contribution in [0, 0.1) is 0 Å². The molecule has 0 unspecified atom stereocenters. The lowest BCUT2D eigenvalue weighted by atomic mass is 10.0. The summed E-state index contributed by atoms with van der Waals surface area (Å²) in [5.74, 6) is 0.156. The minimum Gasteiger partial charge on any atom is -0.292 e. The van der Waals surface area contributed by atoms with Gasteiger partial charge >= 0.3 is 0 Å². The first-order valence-corrected chi connectivity index (χ1v) is 3.35. The molecule has 0 radical (unpaired) electrons. The molecule has 0 aromatic rings. The Balaban J connectivity index is 3.06. The van der Waals surface area contributed by atoms with Crippen molar-refractivity contribution in [1.82, 2.24) is 0 Å². The van der Waals surface area contributed by atoms with Crippen molar-refractivity contribution in [3.05, 3.63) is 11.1 Å². The van der Waals surface area contributed by atoms with E-state index in [1.165, 1.54) is 0 Å². The van der Waals surface area contributed by atoms with E-state index in [2.05, 4.69) is 4.99 Å². The van der Waals surface area contributed by atoms with Crippen molar-refractivity contribution in [2.45, 2.75) is 20.8 Å². The molecule has 1 aliphatic rings. The number of hydrogen-bond acceptors (Lipinski definition) is 2. The Morgan fingerprint density at radius 1 is 1.20 bits per heavy atom. The average Bonchev–Trinajstić information content (AvgIpc) is 1.93. The molecule has 0 aromatic carbocycles. The van der Waals surface area contributed by atoms with Crippen LogP contribution in [-0.2, 0) is 4.79 Å². The van der Waals surface area contributed by atoms with E-state index in [4.69, 9.17) is 0 Å². The van der Waals surface area contributed by atoms with E-state index in [0.717, 1.165) is 16.9 Å². The zero-order valence-electron chi connectivity index (χ0n) is 6.56. The van der Waals surface area contributed by atoms with Crippen LogP contribution in [0.1, 0.15) is 20.8 Å². The first-order valence-electron chi connectivity index (χ1n) is 3.35. The molecular formula is C8H11NO. The SMILES string of the molecule is CC1=NCC(=O)C(C)=C1C. The third kappa shape index (κ3) is 1.01. The number of aliphatic imine (C=N–C) groups is 1. The zero-order valence-corrected chi connectivity index (χ0v) is 6.56. The Kier molecular flexibility index (Phi) is 1.70. The van der Waals surface area contributed by atoms with Gasteiger partial charge in [-0.05, 0) is 31.9 Å². The lowest BCUT2D eigenvalue weighted by Crippen LogP contribution is -2.15. The molecule has 54 valence electrons. The molecular weight excluding hydrogens is 126 g/mol. The number of carbonyl (C=O) groups excluding carboxylic acids is 1. The summed E-state index contributed by atoms with van der Waals surface area (Å²) in [6.45, 7) is 6.07. The Bertz CT molecular complexity index is 232.